The molecule has 4 aromatic carbocycles. The van der Waals surface area contributed by atoms with Crippen LogP contribution in [0, 0.1) is 0 Å². The van der Waals surface area contributed by atoms with Gasteiger partial charge in [0.2, 0.25) is 26.5 Å². The van der Waals surface area contributed by atoms with E-state index in [1.807, 2.05) is 0 Å². The lowest BCUT2D eigenvalue weighted by Gasteiger charge is -2.10. The zero-order chi connectivity index (χ0) is 25.1. The molecule has 35 heavy (non-hydrogen) atoms. The van der Waals surface area contributed by atoms with E-state index in [0.717, 1.165) is 0 Å². The van der Waals surface area contributed by atoms with Crippen LogP contribution in [0.5, 0.6) is 23.0 Å². The topological polar surface area (TPSA) is 127 Å². The minimum absolute atomic E-state index is 0.0266. The van der Waals surface area contributed by atoms with Crippen molar-refractivity contribution in [2.45, 2.75) is 19.6 Å². The number of aromatic hydroxyl groups is 2. The average Bonchev–Trinajstić information content (AvgIpc) is 2.85. The number of sulfone groups is 2. The van der Waals surface area contributed by atoms with Gasteiger partial charge in [-0.05, 0) is 97.1 Å². The van der Waals surface area contributed by atoms with Gasteiger partial charge in [-0.15, -0.1) is 0 Å². The minimum atomic E-state index is -3.73. The number of phenolic OH excluding ortho intramolecular Hbond substituents is 2. The first-order valence-electron chi connectivity index (χ1n) is 10.2. The van der Waals surface area contributed by atoms with Crippen LogP contribution in [0.25, 0.3) is 0 Å². The number of ether oxygens (including phenoxy) is 2. The van der Waals surface area contributed by atoms with Crippen LogP contribution in [-0.4, -0.2) is 33.8 Å². The maximum absolute atomic E-state index is 12.7. The molecule has 0 atom stereocenters. The molecule has 4 aromatic rings. The Balaban J connectivity index is 1.36. The number of hydrogen-bond donors (Lipinski definition) is 2. The maximum Gasteiger partial charge on any atom is 0.230 e. The predicted molar refractivity (Wildman–Crippen MR) is 126 cm³/mol. The number of phenols is 2. The van der Waals surface area contributed by atoms with Crippen LogP contribution in [0.3, 0.4) is 0 Å². The van der Waals surface area contributed by atoms with Gasteiger partial charge in [0.15, 0.2) is 0 Å². The number of hydrogen-bond acceptors (Lipinski definition) is 8. The molecule has 10 heteroatoms. The molecule has 0 amide bonds. The van der Waals surface area contributed by atoms with Gasteiger partial charge in [-0.25, -0.2) is 16.8 Å². The molecule has 0 bridgehead atoms. The normalized spacial score (nSPS) is 11.7. The molecule has 0 unspecified atom stereocenters. The van der Waals surface area contributed by atoms with Gasteiger partial charge in [0.1, 0.15) is 23.0 Å². The molecule has 4 rings (SSSR count). The molecule has 0 radical (unpaired) electrons. The van der Waals surface area contributed by atoms with Crippen molar-refractivity contribution < 1.29 is 36.5 Å². The SMILES string of the molecule is O=S(=O)(c1ccc(O)cc1)c1ccc(OCOc2ccc(S(=O)(=O)c3ccc(O)cc3)cc2)cc1. The van der Waals surface area contributed by atoms with E-state index in [1.54, 1.807) is 0 Å². The number of benzene rings is 4. The molecular weight excluding hydrogens is 492 g/mol. The van der Waals surface area contributed by atoms with Crippen LogP contribution in [0.15, 0.2) is 117 Å². The van der Waals surface area contributed by atoms with Crippen LogP contribution >= 0.6 is 0 Å². The molecule has 0 heterocycles. The molecule has 0 aromatic heterocycles. The summed E-state index contributed by atoms with van der Waals surface area (Å²) in [5.74, 6) is 0.699. The van der Waals surface area contributed by atoms with E-state index in [2.05, 4.69) is 0 Å². The van der Waals surface area contributed by atoms with Crippen molar-refractivity contribution in [2.75, 3.05) is 6.79 Å². The van der Waals surface area contributed by atoms with E-state index >= 15 is 0 Å². The number of rotatable bonds is 8. The minimum Gasteiger partial charge on any atom is -0.508 e. The van der Waals surface area contributed by atoms with Crippen molar-refractivity contribution >= 4 is 19.7 Å². The highest BCUT2D eigenvalue weighted by Crippen LogP contribution is 2.26. The molecular formula is C25H20O8S2. The fourth-order valence-electron chi connectivity index (χ4n) is 3.12. The van der Waals surface area contributed by atoms with Crippen LogP contribution in [-0.2, 0) is 19.7 Å². The van der Waals surface area contributed by atoms with Gasteiger partial charge in [-0.3, -0.25) is 0 Å². The van der Waals surface area contributed by atoms with Gasteiger partial charge in [0.25, 0.3) is 0 Å². The Kier molecular flexibility index (Phi) is 6.68. The predicted octanol–water partition coefficient (Wildman–Crippen LogP) is 4.18. The average molecular weight is 513 g/mol. The standard InChI is InChI=1S/C25H20O8S2/c26-18-1-9-22(10-2-18)34(28,29)24-13-5-20(6-14-24)32-17-33-21-7-15-25(16-8-21)35(30,31)23-11-3-19(27)4-12-23/h1-16,26-27H,17H2. The molecule has 0 aliphatic carbocycles. The van der Waals surface area contributed by atoms with Crippen molar-refractivity contribution in [3.8, 4) is 23.0 Å². The van der Waals surface area contributed by atoms with Crippen molar-refractivity contribution in [3.63, 3.8) is 0 Å². The summed E-state index contributed by atoms with van der Waals surface area (Å²) in [7, 11) is -7.47. The summed E-state index contributed by atoms with van der Waals surface area (Å²) < 4.78 is 61.6. The lowest BCUT2D eigenvalue weighted by Crippen LogP contribution is -2.07. The first-order chi connectivity index (χ1) is 16.7. The Hall–Kier alpha value is -4.02. The Labute approximate surface area is 202 Å². The molecule has 0 aliphatic rings. The second-order valence-electron chi connectivity index (χ2n) is 7.34. The van der Waals surface area contributed by atoms with E-state index < -0.39 is 19.7 Å². The van der Waals surface area contributed by atoms with Crippen LogP contribution in [0.1, 0.15) is 0 Å². The van der Waals surface area contributed by atoms with E-state index in [-0.39, 0.29) is 37.9 Å². The van der Waals surface area contributed by atoms with E-state index in [0.29, 0.717) is 11.5 Å². The Morgan fingerprint density at radius 3 is 1.00 bits per heavy atom. The molecule has 8 nitrogen and oxygen atoms in total. The zero-order valence-corrected chi connectivity index (χ0v) is 19.7. The van der Waals surface area contributed by atoms with Gasteiger partial charge in [-0.2, -0.15) is 0 Å². The maximum atomic E-state index is 12.7. The smallest absolute Gasteiger partial charge is 0.230 e. The van der Waals surface area contributed by atoms with Crippen molar-refractivity contribution in [3.05, 3.63) is 97.1 Å². The summed E-state index contributed by atoms with van der Waals surface area (Å²) in [6.07, 6.45) is 0. The molecule has 0 spiro atoms. The van der Waals surface area contributed by atoms with E-state index in [4.69, 9.17) is 9.47 Å². The highest BCUT2D eigenvalue weighted by molar-refractivity contribution is 7.91. The molecule has 2 N–H and O–H groups in total. The molecule has 0 saturated carbocycles. The third kappa shape index (κ3) is 5.39. The van der Waals surface area contributed by atoms with E-state index in [1.165, 1.54) is 97.1 Å². The molecule has 0 saturated heterocycles. The summed E-state index contributed by atoms with van der Waals surface area (Å²) in [4.78, 5) is 0.259. The highest BCUT2D eigenvalue weighted by atomic mass is 32.2. The van der Waals surface area contributed by atoms with Crippen molar-refractivity contribution in [1.29, 1.82) is 0 Å². The Bertz CT molecular complexity index is 1390. The highest BCUT2D eigenvalue weighted by Gasteiger charge is 2.18. The van der Waals surface area contributed by atoms with E-state index in [9.17, 15) is 27.0 Å². The van der Waals surface area contributed by atoms with Gasteiger partial charge in [0, 0.05) is 0 Å². The fraction of sp³-hybridized carbons (Fsp3) is 0.0400. The summed E-state index contributed by atoms with van der Waals surface area (Å²) in [6.45, 7) is -0.186. The van der Waals surface area contributed by atoms with Crippen molar-refractivity contribution in [2.24, 2.45) is 0 Å². The first-order valence-corrected chi connectivity index (χ1v) is 13.2. The Morgan fingerprint density at radius 2 is 0.714 bits per heavy atom. The Morgan fingerprint density at radius 1 is 0.457 bits per heavy atom. The lowest BCUT2D eigenvalue weighted by atomic mass is 10.3. The van der Waals surface area contributed by atoms with Gasteiger partial charge in [0.05, 0.1) is 19.6 Å². The lowest BCUT2D eigenvalue weighted by molar-refractivity contribution is 0.119. The van der Waals surface area contributed by atoms with Crippen molar-refractivity contribution in [1.82, 2.24) is 0 Å². The van der Waals surface area contributed by atoms with Gasteiger partial charge in [-0.1, -0.05) is 0 Å². The van der Waals surface area contributed by atoms with Gasteiger partial charge < -0.3 is 19.7 Å². The van der Waals surface area contributed by atoms with Crippen LogP contribution in [0.2, 0.25) is 0 Å². The van der Waals surface area contributed by atoms with Crippen LogP contribution in [0.4, 0.5) is 0 Å². The van der Waals surface area contributed by atoms with Crippen LogP contribution < -0.4 is 9.47 Å². The zero-order valence-electron chi connectivity index (χ0n) is 18.1. The summed E-state index contributed by atoms with van der Waals surface area (Å²) in [5.41, 5.74) is 0. The molecule has 0 fully saturated rings. The summed E-state index contributed by atoms with van der Waals surface area (Å²) in [6, 6.07) is 22.1. The third-order valence-electron chi connectivity index (χ3n) is 5.01. The molecule has 0 aliphatic heterocycles. The third-order valence-corrected chi connectivity index (χ3v) is 8.58. The summed E-state index contributed by atoms with van der Waals surface area (Å²) >= 11 is 0. The second-order valence-corrected chi connectivity index (χ2v) is 11.2. The molecule has 180 valence electrons. The monoisotopic (exact) mass is 512 g/mol. The second kappa shape index (κ2) is 9.69. The summed E-state index contributed by atoms with van der Waals surface area (Å²) in [5, 5.41) is 18.7. The van der Waals surface area contributed by atoms with Gasteiger partial charge >= 0.3 is 0 Å². The first kappa shape index (κ1) is 24.1. The largest absolute Gasteiger partial charge is 0.508 e. The fourth-order valence-corrected chi connectivity index (χ4v) is 5.64. The quantitative estimate of drug-likeness (QED) is 0.337.